The van der Waals surface area contributed by atoms with Crippen LogP contribution < -0.4 is 5.32 Å². The van der Waals surface area contributed by atoms with Crippen LogP contribution in [0.2, 0.25) is 0 Å². The summed E-state index contributed by atoms with van der Waals surface area (Å²) in [5.74, 6) is -0.124. The first kappa shape index (κ1) is 18.5. The Labute approximate surface area is 135 Å². The largest absolute Gasteiger partial charge is 0.460 e. The molecule has 0 saturated heterocycles. The summed E-state index contributed by atoms with van der Waals surface area (Å²) in [7, 11) is 0. The van der Waals surface area contributed by atoms with Crippen molar-refractivity contribution >= 4 is 11.7 Å². The van der Waals surface area contributed by atoms with Gasteiger partial charge in [0.1, 0.15) is 5.60 Å². The molecule has 0 fully saturated rings. The molecule has 0 spiro atoms. The lowest BCUT2D eigenvalue weighted by molar-refractivity contribution is -0.154. The fraction of sp³-hybridized carbons (Fsp3) is 0.632. The van der Waals surface area contributed by atoms with Crippen molar-refractivity contribution in [2.45, 2.75) is 71.8 Å². The minimum atomic E-state index is -0.391. The molecule has 1 aromatic carbocycles. The van der Waals surface area contributed by atoms with E-state index in [1.807, 2.05) is 20.8 Å². The fourth-order valence-corrected chi connectivity index (χ4v) is 2.23. The lowest BCUT2D eigenvalue weighted by atomic mass is 10.1. The Balaban J connectivity index is 2.21. The maximum absolute atomic E-state index is 11.6. The molecule has 0 aliphatic carbocycles. The summed E-state index contributed by atoms with van der Waals surface area (Å²) < 4.78 is 5.29. The maximum atomic E-state index is 11.6. The number of unbranched alkanes of at least 4 members (excludes halogenated alkanes) is 2. The zero-order valence-electron chi connectivity index (χ0n) is 14.6. The summed E-state index contributed by atoms with van der Waals surface area (Å²) in [5, 5.41) is 3.35. The Morgan fingerprint density at radius 3 is 2.36 bits per heavy atom. The highest BCUT2D eigenvalue weighted by molar-refractivity contribution is 5.69. The second-order valence-corrected chi connectivity index (χ2v) is 6.77. The Bertz CT molecular complexity index is 432. The van der Waals surface area contributed by atoms with Gasteiger partial charge in [0.15, 0.2) is 0 Å². The second-order valence-electron chi connectivity index (χ2n) is 6.77. The molecule has 0 saturated carbocycles. The zero-order valence-corrected chi connectivity index (χ0v) is 14.6. The molecule has 0 amide bonds. The third-order valence-electron chi connectivity index (χ3n) is 3.33. The van der Waals surface area contributed by atoms with Crippen LogP contribution in [0.1, 0.15) is 65.4 Å². The van der Waals surface area contributed by atoms with E-state index in [9.17, 15) is 4.79 Å². The molecular formula is C19H31NO2. The van der Waals surface area contributed by atoms with Gasteiger partial charge in [-0.3, -0.25) is 4.79 Å². The second kappa shape index (κ2) is 9.50. The van der Waals surface area contributed by atoms with Gasteiger partial charge in [-0.2, -0.15) is 0 Å². The van der Waals surface area contributed by atoms with Crippen molar-refractivity contribution in [1.29, 1.82) is 0 Å². The number of anilines is 1. The fourth-order valence-electron chi connectivity index (χ4n) is 2.23. The van der Waals surface area contributed by atoms with Crippen molar-refractivity contribution in [3.05, 3.63) is 29.8 Å². The van der Waals surface area contributed by atoms with E-state index in [0.29, 0.717) is 6.42 Å². The van der Waals surface area contributed by atoms with Crippen LogP contribution in [-0.4, -0.2) is 18.1 Å². The third kappa shape index (κ3) is 8.71. The van der Waals surface area contributed by atoms with Crippen molar-refractivity contribution in [2.24, 2.45) is 0 Å². The first-order valence-corrected chi connectivity index (χ1v) is 8.45. The van der Waals surface area contributed by atoms with Crippen molar-refractivity contribution in [2.75, 3.05) is 11.9 Å². The molecule has 0 aliphatic rings. The topological polar surface area (TPSA) is 38.3 Å². The lowest BCUT2D eigenvalue weighted by Gasteiger charge is -2.19. The molecule has 0 aliphatic heterocycles. The number of rotatable bonds is 9. The highest BCUT2D eigenvalue weighted by atomic mass is 16.6. The average molecular weight is 305 g/mol. The molecule has 1 N–H and O–H groups in total. The summed E-state index contributed by atoms with van der Waals surface area (Å²) in [6.07, 6.45) is 6.22. The first-order valence-electron chi connectivity index (χ1n) is 8.45. The molecule has 0 unspecified atom stereocenters. The van der Waals surface area contributed by atoms with Gasteiger partial charge < -0.3 is 10.1 Å². The van der Waals surface area contributed by atoms with Crippen LogP contribution in [0.5, 0.6) is 0 Å². The Hall–Kier alpha value is -1.51. The maximum Gasteiger partial charge on any atom is 0.306 e. The predicted octanol–water partition coefficient (Wildman–Crippen LogP) is 4.95. The van der Waals surface area contributed by atoms with Gasteiger partial charge in [0.05, 0.1) is 0 Å². The molecule has 0 aromatic heterocycles. The van der Waals surface area contributed by atoms with Crippen LogP contribution in [0.15, 0.2) is 24.3 Å². The number of esters is 1. The highest BCUT2D eigenvalue weighted by Gasteiger charge is 2.15. The molecule has 0 atom stereocenters. The number of aryl methyl sites for hydroxylation is 1. The smallest absolute Gasteiger partial charge is 0.306 e. The van der Waals surface area contributed by atoms with Gasteiger partial charge in [-0.1, -0.05) is 31.9 Å². The van der Waals surface area contributed by atoms with Crippen molar-refractivity contribution in [3.63, 3.8) is 0 Å². The van der Waals surface area contributed by atoms with Crippen LogP contribution in [-0.2, 0) is 16.0 Å². The van der Waals surface area contributed by atoms with Crippen LogP contribution in [0.25, 0.3) is 0 Å². The van der Waals surface area contributed by atoms with Crippen molar-refractivity contribution < 1.29 is 9.53 Å². The normalized spacial score (nSPS) is 11.3. The van der Waals surface area contributed by atoms with Crippen LogP contribution in [0, 0.1) is 0 Å². The quantitative estimate of drug-likeness (QED) is 0.518. The number of carbonyl (C=O) groups excluding carboxylic acids is 1. The minimum absolute atomic E-state index is 0.124. The molecular weight excluding hydrogens is 274 g/mol. The van der Waals surface area contributed by atoms with Gasteiger partial charge >= 0.3 is 5.97 Å². The van der Waals surface area contributed by atoms with Crippen LogP contribution in [0.4, 0.5) is 5.69 Å². The Morgan fingerprint density at radius 1 is 1.09 bits per heavy atom. The monoisotopic (exact) mass is 305 g/mol. The third-order valence-corrected chi connectivity index (χ3v) is 3.33. The molecule has 3 heteroatoms. The van der Waals surface area contributed by atoms with Gasteiger partial charge in [0.25, 0.3) is 0 Å². The van der Waals surface area contributed by atoms with Gasteiger partial charge in [-0.15, -0.1) is 0 Å². The van der Waals surface area contributed by atoms with Gasteiger partial charge in [-0.05, 0) is 57.7 Å². The van der Waals surface area contributed by atoms with E-state index in [0.717, 1.165) is 25.1 Å². The number of ether oxygens (including phenoxy) is 1. The summed E-state index contributed by atoms with van der Waals surface area (Å²) in [6, 6.07) is 8.61. The lowest BCUT2D eigenvalue weighted by Crippen LogP contribution is -2.24. The van der Waals surface area contributed by atoms with Gasteiger partial charge in [0, 0.05) is 18.7 Å². The number of benzene rings is 1. The molecule has 1 aromatic rings. The number of carbonyl (C=O) groups is 1. The van der Waals surface area contributed by atoms with E-state index in [1.165, 1.54) is 24.8 Å². The molecule has 0 radical (unpaired) electrons. The Kier molecular flexibility index (Phi) is 8.00. The van der Waals surface area contributed by atoms with Gasteiger partial charge in [-0.25, -0.2) is 0 Å². The molecule has 124 valence electrons. The molecule has 0 bridgehead atoms. The van der Waals surface area contributed by atoms with E-state index in [-0.39, 0.29) is 5.97 Å². The molecule has 22 heavy (non-hydrogen) atoms. The molecule has 1 rings (SSSR count). The number of hydrogen-bond donors (Lipinski definition) is 1. The van der Waals surface area contributed by atoms with E-state index in [2.05, 4.69) is 36.5 Å². The summed E-state index contributed by atoms with van der Waals surface area (Å²) >= 11 is 0. The van der Waals surface area contributed by atoms with Gasteiger partial charge in [0.2, 0.25) is 0 Å². The average Bonchev–Trinajstić information content (AvgIpc) is 2.43. The van der Waals surface area contributed by atoms with Crippen LogP contribution in [0.3, 0.4) is 0 Å². The Morgan fingerprint density at radius 2 is 1.77 bits per heavy atom. The standard InChI is InChI=1S/C19H31NO2/c1-5-6-7-9-16-11-13-17(14-12-16)20-15-8-10-18(21)22-19(2,3)4/h11-14,20H,5-10,15H2,1-4H3. The zero-order chi connectivity index (χ0) is 16.4. The SMILES string of the molecule is CCCCCc1ccc(NCCCC(=O)OC(C)(C)C)cc1. The predicted molar refractivity (Wildman–Crippen MR) is 93.2 cm³/mol. The minimum Gasteiger partial charge on any atom is -0.460 e. The number of hydrogen-bond acceptors (Lipinski definition) is 3. The van der Waals surface area contributed by atoms with E-state index in [1.54, 1.807) is 0 Å². The van der Waals surface area contributed by atoms with Crippen molar-refractivity contribution in [1.82, 2.24) is 0 Å². The summed E-state index contributed by atoms with van der Waals surface area (Å²) in [5.41, 5.74) is 2.12. The van der Waals surface area contributed by atoms with E-state index < -0.39 is 5.60 Å². The number of nitrogens with one attached hydrogen (secondary N) is 1. The summed E-state index contributed by atoms with van der Waals surface area (Å²) in [4.78, 5) is 11.6. The molecule has 3 nitrogen and oxygen atoms in total. The summed E-state index contributed by atoms with van der Waals surface area (Å²) in [6.45, 7) is 8.69. The highest BCUT2D eigenvalue weighted by Crippen LogP contribution is 2.13. The van der Waals surface area contributed by atoms with E-state index >= 15 is 0 Å². The van der Waals surface area contributed by atoms with Crippen LogP contribution >= 0.6 is 0 Å². The first-order chi connectivity index (χ1) is 10.4. The van der Waals surface area contributed by atoms with E-state index in [4.69, 9.17) is 4.74 Å². The molecule has 0 heterocycles. The van der Waals surface area contributed by atoms with Crippen molar-refractivity contribution in [3.8, 4) is 0 Å².